The number of carbonyl (C=O) groups is 1. The van der Waals surface area contributed by atoms with E-state index in [-0.39, 0.29) is 20.6 Å². The van der Waals surface area contributed by atoms with Crippen LogP contribution in [0, 0.1) is 0 Å². The number of halogens is 2. The minimum Gasteiger partial charge on any atom is -0.391 e. The van der Waals surface area contributed by atoms with Gasteiger partial charge in [-0.3, -0.25) is 4.79 Å². The van der Waals surface area contributed by atoms with Gasteiger partial charge in [0.1, 0.15) is 11.0 Å². The van der Waals surface area contributed by atoms with Gasteiger partial charge >= 0.3 is 0 Å². The Kier molecular flexibility index (Phi) is 5.17. The molecular formula is C15H12Cl2N2OS. The van der Waals surface area contributed by atoms with Crippen LogP contribution >= 0.6 is 35.4 Å². The summed E-state index contributed by atoms with van der Waals surface area (Å²) in [6, 6.07) is 13.5. The quantitative estimate of drug-likeness (QED) is 0.834. The van der Waals surface area contributed by atoms with Gasteiger partial charge in [-0.05, 0) is 17.7 Å². The van der Waals surface area contributed by atoms with Gasteiger partial charge in [-0.25, -0.2) is 0 Å². The smallest absolute Gasteiger partial charge is 0.255 e. The van der Waals surface area contributed by atoms with Crippen molar-refractivity contribution in [2.45, 2.75) is 6.04 Å². The van der Waals surface area contributed by atoms with Gasteiger partial charge in [-0.2, -0.15) is 0 Å². The van der Waals surface area contributed by atoms with Crippen LogP contribution in [0.1, 0.15) is 22.0 Å². The Morgan fingerprint density at radius 3 is 2.14 bits per heavy atom. The second kappa shape index (κ2) is 6.89. The Labute approximate surface area is 138 Å². The normalized spacial score (nSPS) is 11.7. The standard InChI is InChI=1S/C15H12Cl2N2OS/c16-10-7-4-8-11(17)12(10)15(20)19-13(14(18)21)9-5-2-1-3-6-9/h1-8,13H,(H2,18,21)(H,19,20). The molecule has 0 fully saturated rings. The zero-order valence-corrected chi connectivity index (χ0v) is 13.2. The lowest BCUT2D eigenvalue weighted by atomic mass is 10.1. The van der Waals surface area contributed by atoms with Crippen LogP contribution in [0.5, 0.6) is 0 Å². The van der Waals surface area contributed by atoms with Crippen molar-refractivity contribution in [2.75, 3.05) is 0 Å². The third-order valence-electron chi connectivity index (χ3n) is 2.88. The maximum absolute atomic E-state index is 12.4. The van der Waals surface area contributed by atoms with Gasteiger partial charge in [-0.15, -0.1) is 0 Å². The van der Waals surface area contributed by atoms with Gasteiger partial charge in [0, 0.05) is 0 Å². The highest BCUT2D eigenvalue weighted by Crippen LogP contribution is 2.25. The molecule has 0 saturated carbocycles. The molecule has 0 heterocycles. The zero-order valence-electron chi connectivity index (χ0n) is 10.8. The first kappa shape index (κ1) is 15.8. The van der Waals surface area contributed by atoms with Crippen molar-refractivity contribution >= 4 is 46.3 Å². The summed E-state index contributed by atoms with van der Waals surface area (Å²) in [4.78, 5) is 12.5. The number of thiocarbonyl (C=S) groups is 1. The molecule has 1 atom stereocenters. The molecule has 0 aliphatic rings. The molecule has 3 nitrogen and oxygen atoms in total. The Balaban J connectivity index is 2.30. The van der Waals surface area contributed by atoms with Crippen molar-refractivity contribution in [1.82, 2.24) is 5.32 Å². The topological polar surface area (TPSA) is 55.1 Å². The molecule has 2 rings (SSSR count). The summed E-state index contributed by atoms with van der Waals surface area (Å²) >= 11 is 17.1. The fourth-order valence-corrected chi connectivity index (χ4v) is 2.65. The molecule has 2 aromatic carbocycles. The van der Waals surface area contributed by atoms with Crippen molar-refractivity contribution < 1.29 is 4.79 Å². The molecule has 0 bridgehead atoms. The Morgan fingerprint density at radius 1 is 1.05 bits per heavy atom. The highest BCUT2D eigenvalue weighted by atomic mass is 35.5. The van der Waals surface area contributed by atoms with Crippen molar-refractivity contribution in [3.8, 4) is 0 Å². The van der Waals surface area contributed by atoms with E-state index >= 15 is 0 Å². The number of carbonyl (C=O) groups excluding carboxylic acids is 1. The van der Waals surface area contributed by atoms with E-state index in [0.29, 0.717) is 0 Å². The summed E-state index contributed by atoms with van der Waals surface area (Å²) in [6.07, 6.45) is 0. The van der Waals surface area contributed by atoms with Gasteiger partial charge in [0.05, 0.1) is 15.6 Å². The van der Waals surface area contributed by atoms with E-state index < -0.39 is 11.9 Å². The molecular weight excluding hydrogens is 327 g/mol. The number of hydrogen-bond donors (Lipinski definition) is 2. The lowest BCUT2D eigenvalue weighted by Gasteiger charge is -2.18. The number of hydrogen-bond acceptors (Lipinski definition) is 2. The Bertz CT molecular complexity index is 656. The monoisotopic (exact) mass is 338 g/mol. The van der Waals surface area contributed by atoms with Crippen LogP contribution in [-0.2, 0) is 0 Å². The number of nitrogens with one attached hydrogen (secondary N) is 1. The summed E-state index contributed by atoms with van der Waals surface area (Å²) in [5.74, 6) is -0.424. The molecule has 1 unspecified atom stereocenters. The lowest BCUT2D eigenvalue weighted by molar-refractivity contribution is 0.0947. The van der Waals surface area contributed by atoms with Crippen molar-refractivity contribution in [2.24, 2.45) is 5.73 Å². The number of nitrogens with two attached hydrogens (primary N) is 1. The minimum absolute atomic E-state index is 0.165. The fourth-order valence-electron chi connectivity index (χ4n) is 1.88. The predicted octanol–water partition coefficient (Wildman–Crippen LogP) is 3.75. The summed E-state index contributed by atoms with van der Waals surface area (Å²) in [6.45, 7) is 0. The molecule has 2 aromatic rings. The second-order valence-corrected chi connectivity index (χ2v) is 5.60. The minimum atomic E-state index is -0.582. The third kappa shape index (κ3) is 3.73. The average Bonchev–Trinajstić information content (AvgIpc) is 2.45. The molecule has 1 amide bonds. The zero-order chi connectivity index (χ0) is 15.4. The highest BCUT2D eigenvalue weighted by Gasteiger charge is 2.21. The first-order valence-electron chi connectivity index (χ1n) is 6.10. The van der Waals surface area contributed by atoms with Gasteiger partial charge in [0.25, 0.3) is 5.91 Å². The molecule has 0 radical (unpaired) electrons. The highest BCUT2D eigenvalue weighted by molar-refractivity contribution is 7.80. The summed E-state index contributed by atoms with van der Waals surface area (Å²) < 4.78 is 0. The van der Waals surface area contributed by atoms with Crippen LogP contribution in [0.25, 0.3) is 0 Å². The lowest BCUT2D eigenvalue weighted by Crippen LogP contribution is -2.36. The van der Waals surface area contributed by atoms with Crippen molar-refractivity contribution in [3.63, 3.8) is 0 Å². The SMILES string of the molecule is NC(=S)C(NC(=O)c1c(Cl)cccc1Cl)c1ccccc1. The molecule has 108 valence electrons. The number of benzene rings is 2. The second-order valence-electron chi connectivity index (χ2n) is 4.32. The van der Waals surface area contributed by atoms with Crippen molar-refractivity contribution in [3.05, 3.63) is 69.7 Å². The molecule has 0 saturated heterocycles. The Morgan fingerprint density at radius 2 is 1.62 bits per heavy atom. The summed E-state index contributed by atoms with van der Waals surface area (Å²) in [5.41, 5.74) is 6.72. The number of rotatable bonds is 4. The molecule has 21 heavy (non-hydrogen) atoms. The predicted molar refractivity (Wildman–Crippen MR) is 89.9 cm³/mol. The van der Waals surface area contributed by atoms with Crippen LogP contribution in [0.3, 0.4) is 0 Å². The summed E-state index contributed by atoms with van der Waals surface area (Å²) in [7, 11) is 0. The average molecular weight is 339 g/mol. The van der Waals surface area contributed by atoms with Crippen LogP contribution in [-0.4, -0.2) is 10.9 Å². The molecule has 0 aliphatic heterocycles. The summed E-state index contributed by atoms with van der Waals surface area (Å²) in [5, 5.41) is 3.30. The van der Waals surface area contributed by atoms with Gasteiger partial charge in [0.15, 0.2) is 0 Å². The van der Waals surface area contributed by atoms with E-state index in [9.17, 15) is 4.79 Å². The van der Waals surface area contributed by atoms with E-state index in [1.54, 1.807) is 18.2 Å². The van der Waals surface area contributed by atoms with Crippen LogP contribution in [0.2, 0.25) is 10.0 Å². The van der Waals surface area contributed by atoms with E-state index in [1.165, 1.54) is 0 Å². The first-order chi connectivity index (χ1) is 10.0. The van der Waals surface area contributed by atoms with E-state index in [1.807, 2.05) is 30.3 Å². The number of amides is 1. The molecule has 0 spiro atoms. The van der Waals surface area contributed by atoms with E-state index in [2.05, 4.69) is 5.32 Å². The molecule has 0 aliphatic carbocycles. The molecule has 6 heteroatoms. The van der Waals surface area contributed by atoms with E-state index in [0.717, 1.165) is 5.56 Å². The van der Waals surface area contributed by atoms with Gasteiger partial charge < -0.3 is 11.1 Å². The Hall–Kier alpha value is -1.62. The maximum Gasteiger partial charge on any atom is 0.255 e. The van der Waals surface area contributed by atoms with E-state index in [4.69, 9.17) is 41.2 Å². The van der Waals surface area contributed by atoms with Crippen LogP contribution < -0.4 is 11.1 Å². The maximum atomic E-state index is 12.4. The fraction of sp³-hybridized carbons (Fsp3) is 0.0667. The molecule has 3 N–H and O–H groups in total. The first-order valence-corrected chi connectivity index (χ1v) is 7.26. The van der Waals surface area contributed by atoms with Gasteiger partial charge in [-0.1, -0.05) is 71.8 Å². The van der Waals surface area contributed by atoms with Crippen molar-refractivity contribution in [1.29, 1.82) is 0 Å². The molecule has 0 aromatic heterocycles. The van der Waals surface area contributed by atoms with Crippen LogP contribution in [0.15, 0.2) is 48.5 Å². The largest absolute Gasteiger partial charge is 0.391 e. The third-order valence-corrected chi connectivity index (χ3v) is 3.75. The van der Waals surface area contributed by atoms with Crippen LogP contribution in [0.4, 0.5) is 0 Å². The van der Waals surface area contributed by atoms with Gasteiger partial charge in [0.2, 0.25) is 0 Å².